The Bertz CT molecular complexity index is 732. The van der Waals surface area contributed by atoms with Gasteiger partial charge in [-0.3, -0.25) is 4.79 Å². The van der Waals surface area contributed by atoms with Gasteiger partial charge in [0, 0.05) is 12.7 Å². The van der Waals surface area contributed by atoms with E-state index in [0.29, 0.717) is 0 Å². The Balaban J connectivity index is 2.18. The molecule has 144 valence electrons. The second-order valence-corrected chi connectivity index (χ2v) is 7.92. The van der Waals surface area contributed by atoms with E-state index >= 15 is 0 Å². The van der Waals surface area contributed by atoms with Gasteiger partial charge in [-0.25, -0.2) is 13.2 Å². The lowest BCUT2D eigenvalue weighted by molar-refractivity contribution is -0.147. The minimum absolute atomic E-state index is 0.0188. The standard InChI is InChI=1S/C17H16Cl3F3O3/c1-17(2)9(4-10(18)19)11(17)16(24)26-6-7-12(20)13(21)8(5-25-3)15(23)14(7)22/h4,9,11H,5-6H2,1-3H3/t9-,11+/m0/s1. The first-order valence-corrected chi connectivity index (χ1v) is 8.69. The first-order valence-electron chi connectivity index (χ1n) is 7.56. The van der Waals surface area contributed by atoms with E-state index < -0.39 is 64.1 Å². The number of benzene rings is 1. The summed E-state index contributed by atoms with van der Waals surface area (Å²) in [5.41, 5.74) is -1.65. The normalized spacial score (nSPS) is 20.7. The zero-order valence-corrected chi connectivity index (χ0v) is 16.4. The van der Waals surface area contributed by atoms with Gasteiger partial charge in [0.1, 0.15) is 11.1 Å². The van der Waals surface area contributed by atoms with E-state index in [0.717, 1.165) is 0 Å². The number of methoxy groups -OCH3 is 1. The van der Waals surface area contributed by atoms with Crippen molar-refractivity contribution in [2.24, 2.45) is 17.3 Å². The molecule has 26 heavy (non-hydrogen) atoms. The van der Waals surface area contributed by atoms with E-state index in [2.05, 4.69) is 4.74 Å². The zero-order valence-electron chi connectivity index (χ0n) is 14.1. The van der Waals surface area contributed by atoms with Crippen molar-refractivity contribution in [3.8, 4) is 0 Å². The molecule has 0 saturated heterocycles. The van der Waals surface area contributed by atoms with Crippen LogP contribution in [0.25, 0.3) is 0 Å². The lowest BCUT2D eigenvalue weighted by Gasteiger charge is -2.13. The molecule has 2 atom stereocenters. The summed E-state index contributed by atoms with van der Waals surface area (Å²) >= 11 is 17.0. The van der Waals surface area contributed by atoms with Crippen molar-refractivity contribution in [1.29, 1.82) is 0 Å². The van der Waals surface area contributed by atoms with Crippen LogP contribution in [-0.4, -0.2) is 13.1 Å². The summed E-state index contributed by atoms with van der Waals surface area (Å²) in [5, 5.41) is -0.654. The van der Waals surface area contributed by atoms with Gasteiger partial charge in [-0.2, -0.15) is 0 Å². The van der Waals surface area contributed by atoms with Crippen molar-refractivity contribution >= 4 is 40.8 Å². The minimum Gasteiger partial charge on any atom is -0.460 e. The molecule has 1 fully saturated rings. The van der Waals surface area contributed by atoms with Crippen LogP contribution in [0.4, 0.5) is 13.2 Å². The predicted molar refractivity (Wildman–Crippen MR) is 92.4 cm³/mol. The van der Waals surface area contributed by atoms with Gasteiger partial charge in [-0.05, 0) is 17.4 Å². The summed E-state index contributed by atoms with van der Waals surface area (Å²) in [6, 6.07) is 0. The van der Waals surface area contributed by atoms with E-state index in [1.54, 1.807) is 0 Å². The molecular weight excluding hydrogens is 416 g/mol. The summed E-state index contributed by atoms with van der Waals surface area (Å²) in [5.74, 6) is -5.44. The summed E-state index contributed by atoms with van der Waals surface area (Å²) < 4.78 is 51.9. The number of hydrogen-bond donors (Lipinski definition) is 0. The van der Waals surface area contributed by atoms with Gasteiger partial charge in [0.05, 0.1) is 23.1 Å². The Morgan fingerprint density at radius 2 is 1.69 bits per heavy atom. The highest BCUT2D eigenvalue weighted by Gasteiger charge is 2.61. The number of rotatable bonds is 6. The molecule has 1 aromatic rings. The van der Waals surface area contributed by atoms with Gasteiger partial charge in [-0.15, -0.1) is 0 Å². The first-order chi connectivity index (χ1) is 12.0. The summed E-state index contributed by atoms with van der Waals surface area (Å²) in [4.78, 5) is 12.2. The van der Waals surface area contributed by atoms with Gasteiger partial charge >= 0.3 is 5.97 Å². The topological polar surface area (TPSA) is 35.5 Å². The molecule has 0 spiro atoms. The van der Waals surface area contributed by atoms with Crippen LogP contribution >= 0.6 is 34.8 Å². The fourth-order valence-corrected chi connectivity index (χ4v) is 3.45. The molecule has 3 nitrogen and oxygen atoms in total. The third-order valence-electron chi connectivity index (χ3n) is 4.56. The van der Waals surface area contributed by atoms with E-state index in [1.807, 2.05) is 13.8 Å². The number of halogens is 6. The summed E-state index contributed by atoms with van der Waals surface area (Å²) in [6.45, 7) is 2.42. The van der Waals surface area contributed by atoms with Crippen molar-refractivity contribution in [2.75, 3.05) is 7.11 Å². The molecule has 1 saturated carbocycles. The minimum atomic E-state index is -1.43. The van der Waals surface area contributed by atoms with Crippen LogP contribution in [0, 0.1) is 34.7 Å². The van der Waals surface area contributed by atoms with Gasteiger partial charge in [0.25, 0.3) is 0 Å². The number of allylic oxidation sites excluding steroid dienone is 1. The molecule has 0 aromatic heterocycles. The van der Waals surface area contributed by atoms with Crippen LogP contribution in [0.15, 0.2) is 10.6 Å². The second kappa shape index (κ2) is 7.97. The Labute approximate surface area is 164 Å². The third kappa shape index (κ3) is 3.98. The van der Waals surface area contributed by atoms with Crippen LogP contribution in [0.5, 0.6) is 0 Å². The largest absolute Gasteiger partial charge is 0.460 e. The maximum atomic E-state index is 14.2. The van der Waals surface area contributed by atoms with Crippen LogP contribution < -0.4 is 0 Å². The lowest BCUT2D eigenvalue weighted by Crippen LogP contribution is -2.13. The van der Waals surface area contributed by atoms with Crippen LogP contribution in [0.1, 0.15) is 25.0 Å². The highest BCUT2D eigenvalue weighted by molar-refractivity contribution is 6.55. The fourth-order valence-electron chi connectivity index (χ4n) is 2.93. The summed E-state index contributed by atoms with van der Waals surface area (Å²) in [6.07, 6.45) is 1.52. The molecule has 0 unspecified atom stereocenters. The van der Waals surface area contributed by atoms with E-state index in [1.165, 1.54) is 13.2 Å². The molecule has 1 aliphatic rings. The molecule has 0 N–H and O–H groups in total. The Hall–Kier alpha value is -0.950. The lowest BCUT2D eigenvalue weighted by atomic mass is 10.1. The Kier molecular flexibility index (Phi) is 6.54. The van der Waals surface area contributed by atoms with Gasteiger partial charge in [0.2, 0.25) is 0 Å². The fraction of sp³-hybridized carbons (Fsp3) is 0.471. The van der Waals surface area contributed by atoms with Crippen LogP contribution in [-0.2, 0) is 27.5 Å². The van der Waals surface area contributed by atoms with Gasteiger partial charge in [0.15, 0.2) is 17.5 Å². The number of carbonyl (C=O) groups is 1. The van der Waals surface area contributed by atoms with Crippen LogP contribution in [0.3, 0.4) is 0 Å². The molecule has 0 aliphatic heterocycles. The molecule has 0 amide bonds. The predicted octanol–water partition coefficient (Wildman–Crippen LogP) is 5.54. The summed E-state index contributed by atoms with van der Waals surface area (Å²) in [7, 11) is 1.20. The first kappa shape index (κ1) is 21.4. The van der Waals surface area contributed by atoms with E-state index in [4.69, 9.17) is 39.5 Å². The molecule has 9 heteroatoms. The number of esters is 1. The molecule has 0 bridgehead atoms. The maximum absolute atomic E-state index is 14.2. The van der Waals surface area contributed by atoms with Crippen LogP contribution in [0.2, 0.25) is 5.02 Å². The zero-order chi connectivity index (χ0) is 19.8. The smallest absolute Gasteiger partial charge is 0.310 e. The number of carbonyl (C=O) groups excluding carboxylic acids is 1. The van der Waals surface area contributed by atoms with Crippen molar-refractivity contribution in [3.05, 3.63) is 44.2 Å². The molecule has 1 aliphatic carbocycles. The number of ether oxygens (including phenoxy) is 2. The monoisotopic (exact) mass is 430 g/mol. The van der Waals surface area contributed by atoms with Gasteiger partial charge < -0.3 is 9.47 Å². The Morgan fingerprint density at radius 1 is 1.12 bits per heavy atom. The molecule has 0 heterocycles. The highest BCUT2D eigenvalue weighted by Crippen LogP contribution is 2.60. The average molecular weight is 432 g/mol. The van der Waals surface area contributed by atoms with Crippen molar-refractivity contribution in [2.45, 2.75) is 27.1 Å². The SMILES string of the molecule is COCc1c(F)c(F)c(COC(=O)[C@H]2[C@H](C=C(Cl)Cl)C2(C)C)c(Cl)c1F. The third-order valence-corrected chi connectivity index (χ3v) is 5.21. The molecule has 0 radical (unpaired) electrons. The van der Waals surface area contributed by atoms with E-state index in [9.17, 15) is 18.0 Å². The number of hydrogen-bond acceptors (Lipinski definition) is 3. The quantitative estimate of drug-likeness (QED) is 0.438. The van der Waals surface area contributed by atoms with Crippen molar-refractivity contribution in [1.82, 2.24) is 0 Å². The maximum Gasteiger partial charge on any atom is 0.310 e. The van der Waals surface area contributed by atoms with Gasteiger partial charge in [-0.1, -0.05) is 48.7 Å². The second-order valence-electron chi connectivity index (χ2n) is 6.53. The Morgan fingerprint density at radius 3 is 2.23 bits per heavy atom. The molecule has 2 rings (SSSR count). The van der Waals surface area contributed by atoms with E-state index in [-0.39, 0.29) is 10.4 Å². The highest BCUT2D eigenvalue weighted by atomic mass is 35.5. The van der Waals surface area contributed by atoms with Crippen molar-refractivity contribution in [3.63, 3.8) is 0 Å². The molecule has 1 aromatic carbocycles. The molecular formula is C17H16Cl3F3O3. The average Bonchev–Trinajstić information content (AvgIpc) is 3.09. The van der Waals surface area contributed by atoms with Crippen molar-refractivity contribution < 1.29 is 27.4 Å².